The molecule has 1 atom stereocenters. The largest absolute Gasteiger partial charge is 0.386 e. The fourth-order valence-corrected chi connectivity index (χ4v) is 3.70. The van der Waals surface area contributed by atoms with Gasteiger partial charge in [-0.25, -0.2) is 13.1 Å². The Labute approximate surface area is 155 Å². The Morgan fingerprint density at radius 2 is 2.00 bits per heavy atom. The zero-order valence-electron chi connectivity index (χ0n) is 13.6. The van der Waals surface area contributed by atoms with Crippen LogP contribution >= 0.6 is 15.9 Å². The molecule has 1 aliphatic heterocycles. The van der Waals surface area contributed by atoms with Crippen molar-refractivity contribution in [1.82, 2.24) is 4.72 Å². The summed E-state index contributed by atoms with van der Waals surface area (Å²) in [5.74, 6) is 0. The predicted molar refractivity (Wildman–Crippen MR) is 101 cm³/mol. The van der Waals surface area contributed by atoms with Crippen molar-refractivity contribution in [1.29, 1.82) is 0 Å². The van der Waals surface area contributed by atoms with Crippen LogP contribution in [0.2, 0.25) is 0 Å². The number of nitrogens with zero attached hydrogens (tertiary/aromatic N) is 1. The van der Waals surface area contributed by atoms with Crippen molar-refractivity contribution >= 4 is 36.3 Å². The van der Waals surface area contributed by atoms with Gasteiger partial charge >= 0.3 is 0 Å². The quantitative estimate of drug-likeness (QED) is 0.745. The lowest BCUT2D eigenvalue weighted by Crippen LogP contribution is -2.19. The summed E-state index contributed by atoms with van der Waals surface area (Å²) < 4.78 is 27.3. The number of nitrogens with one attached hydrogen (secondary N) is 2. The molecule has 3 rings (SSSR count). The number of rotatable bonds is 6. The maximum atomic E-state index is 12.1. The third-order valence-electron chi connectivity index (χ3n) is 3.91. The molecule has 0 aliphatic carbocycles. The number of oxime groups is 1. The summed E-state index contributed by atoms with van der Waals surface area (Å²) in [5.41, 5.74) is 2.71. The molecule has 25 heavy (non-hydrogen) atoms. The number of benzene rings is 2. The molecule has 2 aromatic rings. The summed E-state index contributed by atoms with van der Waals surface area (Å²) in [5, 5.41) is 7.26. The molecular weight excluding hydrogens is 406 g/mol. The first-order valence-electron chi connectivity index (χ1n) is 7.73. The van der Waals surface area contributed by atoms with Gasteiger partial charge in [0.1, 0.15) is 4.62 Å². The summed E-state index contributed by atoms with van der Waals surface area (Å²) in [6, 6.07) is 14.9. The molecule has 0 unspecified atom stereocenters. The van der Waals surface area contributed by atoms with Gasteiger partial charge in [0.15, 0.2) is 6.10 Å². The lowest BCUT2D eigenvalue weighted by molar-refractivity contribution is 0.0861. The van der Waals surface area contributed by atoms with Gasteiger partial charge in [-0.1, -0.05) is 35.5 Å². The molecule has 0 saturated heterocycles. The topological polar surface area (TPSA) is 79.8 Å². The summed E-state index contributed by atoms with van der Waals surface area (Å²) in [6.07, 6.45) is 0.225. The molecule has 132 valence electrons. The van der Waals surface area contributed by atoms with Crippen LogP contribution in [0.25, 0.3) is 0 Å². The SMILES string of the molecule is CNS(=O)(=O)c1ccc(NCc2ccccc2)c([C@@H]2CC(Br)=NO2)c1. The van der Waals surface area contributed by atoms with Crippen LogP contribution in [0, 0.1) is 0 Å². The molecule has 0 bridgehead atoms. The van der Waals surface area contributed by atoms with Crippen LogP contribution in [-0.4, -0.2) is 20.1 Å². The molecule has 1 aliphatic rings. The van der Waals surface area contributed by atoms with Gasteiger partial charge in [-0.2, -0.15) is 0 Å². The molecule has 0 spiro atoms. The van der Waals surface area contributed by atoms with E-state index < -0.39 is 10.0 Å². The molecule has 0 aromatic heterocycles. The Hall–Kier alpha value is -1.90. The summed E-state index contributed by atoms with van der Waals surface area (Å²) in [4.78, 5) is 5.63. The van der Waals surface area contributed by atoms with Crippen molar-refractivity contribution in [2.75, 3.05) is 12.4 Å². The summed E-state index contributed by atoms with van der Waals surface area (Å²) in [7, 11) is -2.14. The Kier molecular flexibility index (Phi) is 5.41. The standard InChI is InChI=1S/C17H18BrN3O3S/c1-19-25(22,23)13-7-8-15(20-11-12-5-3-2-4-6-12)14(9-13)16-10-17(18)21-24-16/h2-9,16,19-20H,10-11H2,1H3/t16-/m0/s1. The van der Waals surface area contributed by atoms with Gasteiger partial charge in [0.25, 0.3) is 0 Å². The first-order chi connectivity index (χ1) is 12.0. The first kappa shape index (κ1) is 17.9. The third-order valence-corrected chi connectivity index (χ3v) is 5.79. The van der Waals surface area contributed by atoms with Crippen molar-refractivity contribution in [3.8, 4) is 0 Å². The van der Waals surface area contributed by atoms with E-state index >= 15 is 0 Å². The maximum Gasteiger partial charge on any atom is 0.240 e. The lowest BCUT2D eigenvalue weighted by Gasteiger charge is -2.17. The normalized spacial score (nSPS) is 17.0. The number of hydrogen-bond donors (Lipinski definition) is 2. The van der Waals surface area contributed by atoms with Crippen molar-refractivity contribution in [2.45, 2.75) is 24.0 Å². The third kappa shape index (κ3) is 4.20. The van der Waals surface area contributed by atoms with E-state index in [-0.39, 0.29) is 11.0 Å². The molecular formula is C17H18BrN3O3S. The molecule has 0 fully saturated rings. The maximum absolute atomic E-state index is 12.1. The van der Waals surface area contributed by atoms with Gasteiger partial charge in [-0.05, 0) is 46.7 Å². The Morgan fingerprint density at radius 1 is 1.24 bits per heavy atom. The summed E-state index contributed by atoms with van der Waals surface area (Å²) >= 11 is 3.32. The minimum absolute atomic E-state index is 0.196. The van der Waals surface area contributed by atoms with Crippen molar-refractivity contribution < 1.29 is 13.3 Å². The van der Waals surface area contributed by atoms with E-state index in [4.69, 9.17) is 4.84 Å². The highest BCUT2D eigenvalue weighted by Gasteiger charge is 2.26. The molecule has 1 heterocycles. The molecule has 0 amide bonds. The van der Waals surface area contributed by atoms with Crippen LogP contribution in [0.5, 0.6) is 0 Å². The molecule has 2 aromatic carbocycles. The summed E-state index contributed by atoms with van der Waals surface area (Å²) in [6.45, 7) is 0.626. The Morgan fingerprint density at radius 3 is 2.64 bits per heavy atom. The van der Waals surface area contributed by atoms with E-state index in [1.807, 2.05) is 30.3 Å². The number of anilines is 1. The molecule has 8 heteroatoms. The second-order valence-electron chi connectivity index (χ2n) is 5.56. The minimum Gasteiger partial charge on any atom is -0.386 e. The highest BCUT2D eigenvalue weighted by Crippen LogP contribution is 2.35. The second-order valence-corrected chi connectivity index (χ2v) is 8.36. The highest BCUT2D eigenvalue weighted by molar-refractivity contribution is 9.18. The zero-order valence-corrected chi connectivity index (χ0v) is 16.0. The lowest BCUT2D eigenvalue weighted by atomic mass is 10.0. The molecule has 0 saturated carbocycles. The highest BCUT2D eigenvalue weighted by atomic mass is 79.9. The van der Waals surface area contributed by atoms with Gasteiger partial charge in [-0.3, -0.25) is 0 Å². The van der Waals surface area contributed by atoms with E-state index in [9.17, 15) is 8.42 Å². The van der Waals surface area contributed by atoms with Gasteiger partial charge in [0.2, 0.25) is 10.0 Å². The van der Waals surface area contributed by atoms with Crippen molar-refractivity contribution in [2.24, 2.45) is 5.16 Å². The van der Waals surface area contributed by atoms with Crippen LogP contribution in [0.4, 0.5) is 5.69 Å². The number of hydrogen-bond acceptors (Lipinski definition) is 5. The fraction of sp³-hybridized carbons (Fsp3) is 0.235. The first-order valence-corrected chi connectivity index (χ1v) is 10.0. The Balaban J connectivity index is 1.91. The molecule has 2 N–H and O–H groups in total. The average Bonchev–Trinajstić information content (AvgIpc) is 3.07. The van der Waals surface area contributed by atoms with E-state index in [2.05, 4.69) is 31.1 Å². The van der Waals surface area contributed by atoms with Gasteiger partial charge in [-0.15, -0.1) is 0 Å². The van der Waals surface area contributed by atoms with Crippen LogP contribution in [-0.2, 0) is 21.4 Å². The van der Waals surface area contributed by atoms with Gasteiger partial charge < -0.3 is 10.2 Å². The monoisotopic (exact) mass is 423 g/mol. The number of sulfonamides is 1. The van der Waals surface area contributed by atoms with Crippen LogP contribution < -0.4 is 10.0 Å². The van der Waals surface area contributed by atoms with E-state index in [0.29, 0.717) is 17.6 Å². The smallest absolute Gasteiger partial charge is 0.240 e. The van der Waals surface area contributed by atoms with Crippen LogP contribution in [0.1, 0.15) is 23.7 Å². The van der Waals surface area contributed by atoms with Crippen molar-refractivity contribution in [3.63, 3.8) is 0 Å². The van der Waals surface area contributed by atoms with Gasteiger partial charge in [0, 0.05) is 24.2 Å². The van der Waals surface area contributed by atoms with Crippen molar-refractivity contribution in [3.05, 3.63) is 59.7 Å². The van der Waals surface area contributed by atoms with Crippen LogP contribution in [0.3, 0.4) is 0 Å². The minimum atomic E-state index is -3.53. The number of halogens is 1. The van der Waals surface area contributed by atoms with E-state index in [1.165, 1.54) is 7.05 Å². The molecule has 0 radical (unpaired) electrons. The van der Waals surface area contributed by atoms with Gasteiger partial charge in [0.05, 0.1) is 4.90 Å². The predicted octanol–water partition coefficient (Wildman–Crippen LogP) is 3.38. The average molecular weight is 424 g/mol. The van der Waals surface area contributed by atoms with E-state index in [0.717, 1.165) is 16.8 Å². The van der Waals surface area contributed by atoms with Crippen LogP contribution in [0.15, 0.2) is 58.6 Å². The fourth-order valence-electron chi connectivity index (χ4n) is 2.56. The molecule has 6 nitrogen and oxygen atoms in total. The van der Waals surface area contributed by atoms with E-state index in [1.54, 1.807) is 18.2 Å². The zero-order chi connectivity index (χ0) is 17.9. The Bertz CT molecular complexity index is 885. The second kappa shape index (κ2) is 7.55.